The van der Waals surface area contributed by atoms with Gasteiger partial charge in [-0.2, -0.15) is 5.10 Å². The molecule has 3 aliphatic carbocycles. The summed E-state index contributed by atoms with van der Waals surface area (Å²) in [6.45, 7) is 7.18. The molecule has 0 aliphatic heterocycles. The van der Waals surface area contributed by atoms with Crippen LogP contribution in [0, 0.1) is 23.2 Å². The summed E-state index contributed by atoms with van der Waals surface area (Å²) in [5.74, 6) is 2.74. The van der Waals surface area contributed by atoms with Gasteiger partial charge < -0.3 is 5.32 Å². The Balaban J connectivity index is 1.47. The van der Waals surface area contributed by atoms with E-state index in [-0.39, 0.29) is 5.91 Å². The Morgan fingerprint density at radius 1 is 1.21 bits per heavy atom. The van der Waals surface area contributed by atoms with Crippen molar-refractivity contribution in [3.63, 3.8) is 0 Å². The predicted octanol–water partition coefficient (Wildman–Crippen LogP) is 4.38. The number of hydrogen-bond donors (Lipinski definition) is 1. The Hall–Kier alpha value is -2.10. The molecule has 24 heavy (non-hydrogen) atoms. The number of benzene rings is 1. The maximum atomic E-state index is 12.2. The van der Waals surface area contributed by atoms with E-state index in [1.165, 1.54) is 12.8 Å². The molecule has 3 saturated carbocycles. The van der Waals surface area contributed by atoms with Crippen molar-refractivity contribution in [3.8, 4) is 0 Å². The fourth-order valence-corrected chi connectivity index (χ4v) is 4.84. The van der Waals surface area contributed by atoms with Gasteiger partial charge in [0.1, 0.15) is 0 Å². The molecule has 1 heterocycles. The van der Waals surface area contributed by atoms with Crippen LogP contribution < -0.4 is 5.32 Å². The molecular weight excluding hydrogens is 298 g/mol. The lowest BCUT2D eigenvalue weighted by Crippen LogP contribution is -2.55. The molecule has 0 radical (unpaired) electrons. The van der Waals surface area contributed by atoms with Crippen molar-refractivity contribution in [1.29, 1.82) is 0 Å². The topological polar surface area (TPSA) is 46.9 Å². The molecule has 1 aromatic carbocycles. The van der Waals surface area contributed by atoms with Gasteiger partial charge in [0.15, 0.2) is 5.82 Å². The number of nitrogens with one attached hydrogen (secondary N) is 1. The van der Waals surface area contributed by atoms with Crippen LogP contribution in [0.25, 0.3) is 0 Å². The number of aromatic nitrogens is 2. The molecule has 4 heteroatoms. The zero-order valence-electron chi connectivity index (χ0n) is 14.6. The molecule has 0 spiro atoms. The lowest BCUT2D eigenvalue weighted by molar-refractivity contribution is -0.125. The standard InChI is InChI=1S/C20H25N3O/c1-13-16-11-15(20(16,2)3)12-17(13)23-10-9-18(22-23)21-19(24)14-7-5-4-6-8-14/h4-10,13,15-17H,11-12H2,1-3H3,(H,21,22,24)/t13-,15+,16-,17?/m1/s1. The number of carbonyl (C=O) groups is 1. The SMILES string of the molecule is C[C@H]1C(n2ccc(NC(=O)c3ccccc3)n2)C[C@@H]2C[C@H]1C2(C)C. The number of rotatable bonds is 3. The van der Waals surface area contributed by atoms with Gasteiger partial charge in [0, 0.05) is 17.8 Å². The Morgan fingerprint density at radius 3 is 2.62 bits per heavy atom. The molecule has 2 bridgehead atoms. The summed E-state index contributed by atoms with van der Waals surface area (Å²) in [6, 6.07) is 11.6. The number of nitrogens with zero attached hydrogens (tertiary/aromatic N) is 2. The van der Waals surface area contributed by atoms with Gasteiger partial charge in [0.05, 0.1) is 6.04 Å². The summed E-state index contributed by atoms with van der Waals surface area (Å²) in [5.41, 5.74) is 1.13. The first kappa shape index (κ1) is 15.4. The van der Waals surface area contributed by atoms with E-state index in [0.29, 0.717) is 28.8 Å². The van der Waals surface area contributed by atoms with Crippen LogP contribution in [0.3, 0.4) is 0 Å². The van der Waals surface area contributed by atoms with E-state index in [4.69, 9.17) is 0 Å². The minimum absolute atomic E-state index is 0.110. The van der Waals surface area contributed by atoms with Gasteiger partial charge >= 0.3 is 0 Å². The summed E-state index contributed by atoms with van der Waals surface area (Å²) in [5, 5.41) is 7.54. The molecule has 4 atom stereocenters. The molecule has 1 unspecified atom stereocenters. The van der Waals surface area contributed by atoms with E-state index in [2.05, 4.69) is 35.9 Å². The second kappa shape index (κ2) is 5.47. The zero-order valence-corrected chi connectivity index (χ0v) is 14.6. The molecule has 4 nitrogen and oxygen atoms in total. The van der Waals surface area contributed by atoms with Crippen LogP contribution in [0.5, 0.6) is 0 Å². The third-order valence-corrected chi connectivity index (χ3v) is 6.54. The van der Waals surface area contributed by atoms with Gasteiger partial charge in [0.2, 0.25) is 0 Å². The smallest absolute Gasteiger partial charge is 0.256 e. The van der Waals surface area contributed by atoms with Crippen LogP contribution in [0.1, 0.15) is 50.0 Å². The Labute approximate surface area is 143 Å². The van der Waals surface area contributed by atoms with Gasteiger partial charge in [-0.3, -0.25) is 9.48 Å². The monoisotopic (exact) mass is 323 g/mol. The minimum Gasteiger partial charge on any atom is -0.305 e. The maximum Gasteiger partial charge on any atom is 0.256 e. The van der Waals surface area contributed by atoms with Crippen molar-refractivity contribution >= 4 is 11.7 Å². The molecule has 2 aromatic rings. The quantitative estimate of drug-likeness (QED) is 0.911. The first-order valence-corrected chi connectivity index (χ1v) is 8.88. The summed E-state index contributed by atoms with van der Waals surface area (Å²) in [7, 11) is 0. The van der Waals surface area contributed by atoms with Crippen molar-refractivity contribution in [1.82, 2.24) is 9.78 Å². The van der Waals surface area contributed by atoms with E-state index in [0.717, 1.165) is 11.8 Å². The number of anilines is 1. The van der Waals surface area contributed by atoms with Crippen molar-refractivity contribution in [3.05, 3.63) is 48.2 Å². The van der Waals surface area contributed by atoms with Gasteiger partial charge in [0.25, 0.3) is 5.91 Å². The molecule has 1 aromatic heterocycles. The Bertz CT molecular complexity index is 749. The number of carbonyl (C=O) groups excluding carboxylic acids is 1. The second-order valence-electron chi connectivity index (χ2n) is 8.02. The predicted molar refractivity (Wildman–Crippen MR) is 94.8 cm³/mol. The highest BCUT2D eigenvalue weighted by Crippen LogP contribution is 2.63. The van der Waals surface area contributed by atoms with Crippen LogP contribution >= 0.6 is 0 Å². The highest BCUT2D eigenvalue weighted by Gasteiger charge is 2.56. The molecule has 3 aliphatic rings. The van der Waals surface area contributed by atoms with Crippen LogP contribution in [-0.4, -0.2) is 15.7 Å². The molecule has 3 fully saturated rings. The zero-order chi connectivity index (χ0) is 16.9. The average Bonchev–Trinajstić information content (AvgIpc) is 3.03. The summed E-state index contributed by atoms with van der Waals surface area (Å²) < 4.78 is 2.07. The van der Waals surface area contributed by atoms with Crippen molar-refractivity contribution in [2.45, 2.75) is 39.7 Å². The lowest BCUT2D eigenvalue weighted by atomic mass is 9.45. The first-order chi connectivity index (χ1) is 11.5. The minimum atomic E-state index is -0.110. The molecule has 1 amide bonds. The van der Waals surface area contributed by atoms with Crippen molar-refractivity contribution < 1.29 is 4.79 Å². The third-order valence-electron chi connectivity index (χ3n) is 6.54. The van der Waals surface area contributed by atoms with Gasteiger partial charge in [-0.15, -0.1) is 0 Å². The normalized spacial score (nSPS) is 30.5. The van der Waals surface area contributed by atoms with Crippen LogP contribution in [0.2, 0.25) is 0 Å². The largest absolute Gasteiger partial charge is 0.305 e. The molecular formula is C20H25N3O. The number of amides is 1. The van der Waals surface area contributed by atoms with Gasteiger partial charge in [-0.05, 0) is 48.1 Å². The highest BCUT2D eigenvalue weighted by atomic mass is 16.1. The number of hydrogen-bond acceptors (Lipinski definition) is 2. The van der Waals surface area contributed by atoms with Gasteiger partial charge in [-0.25, -0.2) is 0 Å². The summed E-state index contributed by atoms with van der Waals surface area (Å²) >= 11 is 0. The highest BCUT2D eigenvalue weighted by molar-refractivity contribution is 6.03. The van der Waals surface area contributed by atoms with E-state index in [9.17, 15) is 4.79 Å². The maximum absolute atomic E-state index is 12.2. The average molecular weight is 323 g/mol. The second-order valence-corrected chi connectivity index (χ2v) is 8.02. The Morgan fingerprint density at radius 2 is 1.96 bits per heavy atom. The fraction of sp³-hybridized carbons (Fsp3) is 0.500. The van der Waals surface area contributed by atoms with Crippen molar-refractivity contribution in [2.75, 3.05) is 5.32 Å². The lowest BCUT2D eigenvalue weighted by Gasteiger charge is -2.61. The Kier molecular flexibility index (Phi) is 3.52. The van der Waals surface area contributed by atoms with E-state index in [1.807, 2.05) is 42.6 Å². The third kappa shape index (κ3) is 2.36. The molecule has 1 N–H and O–H groups in total. The van der Waals surface area contributed by atoms with E-state index < -0.39 is 0 Å². The van der Waals surface area contributed by atoms with E-state index >= 15 is 0 Å². The van der Waals surface area contributed by atoms with E-state index in [1.54, 1.807) is 0 Å². The van der Waals surface area contributed by atoms with Crippen LogP contribution in [-0.2, 0) is 0 Å². The van der Waals surface area contributed by atoms with Crippen LogP contribution in [0.15, 0.2) is 42.6 Å². The first-order valence-electron chi connectivity index (χ1n) is 8.88. The number of fused-ring (bicyclic) bond motifs is 2. The molecule has 0 saturated heterocycles. The van der Waals surface area contributed by atoms with Crippen molar-refractivity contribution in [2.24, 2.45) is 23.2 Å². The molecule has 5 rings (SSSR count). The summed E-state index contributed by atoms with van der Waals surface area (Å²) in [6.07, 6.45) is 4.57. The summed E-state index contributed by atoms with van der Waals surface area (Å²) in [4.78, 5) is 12.2. The fourth-order valence-electron chi connectivity index (χ4n) is 4.84. The van der Waals surface area contributed by atoms with Crippen LogP contribution in [0.4, 0.5) is 5.82 Å². The molecule has 126 valence electrons. The van der Waals surface area contributed by atoms with Gasteiger partial charge in [-0.1, -0.05) is 39.0 Å².